The van der Waals surface area contributed by atoms with E-state index in [1.807, 2.05) is 48.5 Å². The molecule has 0 saturated heterocycles. The summed E-state index contributed by atoms with van der Waals surface area (Å²) in [7, 11) is 1.66. The Morgan fingerprint density at radius 1 is 1.10 bits per heavy atom. The molecule has 102 valence electrons. The molecule has 1 saturated carbocycles. The highest BCUT2D eigenvalue weighted by Gasteiger charge is 2.29. The van der Waals surface area contributed by atoms with Crippen molar-refractivity contribution in [3.63, 3.8) is 0 Å². The van der Waals surface area contributed by atoms with Gasteiger partial charge in [0.1, 0.15) is 5.75 Å². The monoisotopic (exact) mass is 267 g/mol. The van der Waals surface area contributed by atoms with Gasteiger partial charge in [0.15, 0.2) is 0 Å². The average molecular weight is 267 g/mol. The summed E-state index contributed by atoms with van der Waals surface area (Å²) in [5.74, 6) is 1.18. The standard InChI is InChI=1S/C17H17NO2/c1-20-16-7-3-5-14(11-16)13-4-2-6-15(10-13)18-17(19)12-8-9-12/h2-7,10-12H,8-9H2,1H3,(H,18,19). The van der Waals surface area contributed by atoms with E-state index in [0.29, 0.717) is 0 Å². The molecule has 0 aliphatic heterocycles. The molecular formula is C17H17NO2. The van der Waals surface area contributed by atoms with Crippen LogP contribution in [0.2, 0.25) is 0 Å². The molecule has 3 rings (SSSR count). The number of hydrogen-bond donors (Lipinski definition) is 1. The molecule has 3 nitrogen and oxygen atoms in total. The lowest BCUT2D eigenvalue weighted by Gasteiger charge is -2.08. The van der Waals surface area contributed by atoms with Crippen LogP contribution in [0.25, 0.3) is 11.1 Å². The van der Waals surface area contributed by atoms with Crippen LogP contribution >= 0.6 is 0 Å². The van der Waals surface area contributed by atoms with Crippen molar-refractivity contribution in [3.8, 4) is 16.9 Å². The Hall–Kier alpha value is -2.29. The summed E-state index contributed by atoms with van der Waals surface area (Å²) >= 11 is 0. The molecule has 20 heavy (non-hydrogen) atoms. The topological polar surface area (TPSA) is 38.3 Å². The molecule has 2 aromatic rings. The molecule has 1 aliphatic carbocycles. The van der Waals surface area contributed by atoms with E-state index in [1.54, 1.807) is 7.11 Å². The van der Waals surface area contributed by atoms with Crippen molar-refractivity contribution < 1.29 is 9.53 Å². The Labute approximate surface area is 118 Å². The number of ether oxygens (including phenoxy) is 1. The summed E-state index contributed by atoms with van der Waals surface area (Å²) in [6.45, 7) is 0. The minimum absolute atomic E-state index is 0.132. The van der Waals surface area contributed by atoms with Gasteiger partial charge >= 0.3 is 0 Å². The fourth-order valence-electron chi connectivity index (χ4n) is 2.17. The average Bonchev–Trinajstić information content (AvgIpc) is 3.32. The van der Waals surface area contributed by atoms with Crippen LogP contribution in [0, 0.1) is 5.92 Å². The Bertz CT molecular complexity index is 632. The molecule has 2 aromatic carbocycles. The number of carbonyl (C=O) groups is 1. The molecular weight excluding hydrogens is 250 g/mol. The van der Waals surface area contributed by atoms with Crippen molar-refractivity contribution in [2.45, 2.75) is 12.8 Å². The van der Waals surface area contributed by atoms with E-state index in [1.165, 1.54) is 0 Å². The van der Waals surface area contributed by atoms with Crippen LogP contribution in [0.15, 0.2) is 48.5 Å². The number of nitrogens with one attached hydrogen (secondary N) is 1. The van der Waals surface area contributed by atoms with Crippen molar-refractivity contribution in [3.05, 3.63) is 48.5 Å². The highest BCUT2D eigenvalue weighted by atomic mass is 16.5. The SMILES string of the molecule is COc1cccc(-c2cccc(NC(=O)C3CC3)c2)c1. The maximum absolute atomic E-state index is 11.8. The van der Waals surface area contributed by atoms with Crippen molar-refractivity contribution in [2.75, 3.05) is 12.4 Å². The van der Waals surface area contributed by atoms with E-state index in [0.717, 1.165) is 35.4 Å². The molecule has 1 N–H and O–H groups in total. The van der Waals surface area contributed by atoms with E-state index in [2.05, 4.69) is 5.32 Å². The second kappa shape index (κ2) is 5.37. The van der Waals surface area contributed by atoms with Crippen LogP contribution in [0.3, 0.4) is 0 Å². The van der Waals surface area contributed by atoms with Crippen LogP contribution in [0.5, 0.6) is 5.75 Å². The first kappa shape index (κ1) is 12.7. The molecule has 0 spiro atoms. The zero-order valence-corrected chi connectivity index (χ0v) is 11.4. The van der Waals surface area contributed by atoms with Crippen LogP contribution < -0.4 is 10.1 Å². The summed E-state index contributed by atoms with van der Waals surface area (Å²) in [6.07, 6.45) is 2.03. The third-order valence-electron chi connectivity index (χ3n) is 3.48. The highest BCUT2D eigenvalue weighted by Crippen LogP contribution is 2.31. The molecule has 1 amide bonds. The summed E-state index contributed by atoms with van der Waals surface area (Å²) < 4.78 is 5.24. The predicted octanol–water partition coefficient (Wildman–Crippen LogP) is 3.71. The number of amides is 1. The number of anilines is 1. The predicted molar refractivity (Wildman–Crippen MR) is 79.8 cm³/mol. The molecule has 0 aromatic heterocycles. The minimum atomic E-state index is 0.132. The number of hydrogen-bond acceptors (Lipinski definition) is 2. The lowest BCUT2D eigenvalue weighted by atomic mass is 10.0. The normalized spacial score (nSPS) is 13.8. The summed E-state index contributed by atoms with van der Waals surface area (Å²) in [5, 5.41) is 2.97. The summed E-state index contributed by atoms with van der Waals surface area (Å²) in [4.78, 5) is 11.8. The Morgan fingerprint density at radius 3 is 2.50 bits per heavy atom. The largest absolute Gasteiger partial charge is 0.497 e. The van der Waals surface area contributed by atoms with Crippen LogP contribution in [0.1, 0.15) is 12.8 Å². The van der Waals surface area contributed by atoms with Gasteiger partial charge in [-0.1, -0.05) is 24.3 Å². The van der Waals surface area contributed by atoms with Gasteiger partial charge in [-0.15, -0.1) is 0 Å². The van der Waals surface area contributed by atoms with Crippen molar-refractivity contribution in [2.24, 2.45) is 5.92 Å². The molecule has 0 heterocycles. The van der Waals surface area contributed by atoms with Gasteiger partial charge < -0.3 is 10.1 Å². The van der Waals surface area contributed by atoms with Crippen LogP contribution in [0.4, 0.5) is 5.69 Å². The quantitative estimate of drug-likeness (QED) is 0.917. The number of carbonyl (C=O) groups excluding carboxylic acids is 1. The molecule has 3 heteroatoms. The first-order valence-electron chi connectivity index (χ1n) is 6.81. The fourth-order valence-corrected chi connectivity index (χ4v) is 2.17. The number of benzene rings is 2. The molecule has 0 unspecified atom stereocenters. The Balaban J connectivity index is 1.84. The third-order valence-corrected chi connectivity index (χ3v) is 3.48. The van der Waals surface area contributed by atoms with Crippen molar-refractivity contribution >= 4 is 11.6 Å². The number of rotatable bonds is 4. The van der Waals surface area contributed by atoms with Gasteiger partial charge in [0.05, 0.1) is 7.11 Å². The van der Waals surface area contributed by atoms with E-state index >= 15 is 0 Å². The van der Waals surface area contributed by atoms with Gasteiger partial charge in [-0.05, 0) is 48.2 Å². The van der Waals surface area contributed by atoms with Gasteiger partial charge in [-0.25, -0.2) is 0 Å². The molecule has 1 aliphatic rings. The van der Waals surface area contributed by atoms with Crippen molar-refractivity contribution in [1.82, 2.24) is 0 Å². The fraction of sp³-hybridized carbons (Fsp3) is 0.235. The highest BCUT2D eigenvalue weighted by molar-refractivity contribution is 5.94. The van der Waals surface area contributed by atoms with E-state index < -0.39 is 0 Å². The smallest absolute Gasteiger partial charge is 0.227 e. The van der Waals surface area contributed by atoms with Gasteiger partial charge in [-0.3, -0.25) is 4.79 Å². The molecule has 0 atom stereocenters. The maximum Gasteiger partial charge on any atom is 0.227 e. The third kappa shape index (κ3) is 2.82. The van der Waals surface area contributed by atoms with Gasteiger partial charge in [0.25, 0.3) is 0 Å². The van der Waals surface area contributed by atoms with Crippen LogP contribution in [-0.4, -0.2) is 13.0 Å². The molecule has 0 bridgehead atoms. The molecule has 0 radical (unpaired) electrons. The van der Waals surface area contributed by atoms with Crippen molar-refractivity contribution in [1.29, 1.82) is 0 Å². The first-order valence-corrected chi connectivity index (χ1v) is 6.81. The zero-order valence-electron chi connectivity index (χ0n) is 11.4. The molecule has 1 fully saturated rings. The van der Waals surface area contributed by atoms with Gasteiger partial charge in [0, 0.05) is 11.6 Å². The lowest BCUT2D eigenvalue weighted by Crippen LogP contribution is -2.13. The Morgan fingerprint density at radius 2 is 1.80 bits per heavy atom. The van der Waals surface area contributed by atoms with E-state index in [-0.39, 0.29) is 11.8 Å². The second-order valence-corrected chi connectivity index (χ2v) is 5.08. The number of methoxy groups -OCH3 is 1. The lowest BCUT2D eigenvalue weighted by molar-refractivity contribution is -0.117. The minimum Gasteiger partial charge on any atom is -0.497 e. The second-order valence-electron chi connectivity index (χ2n) is 5.08. The summed E-state index contributed by atoms with van der Waals surface area (Å²) in [5.41, 5.74) is 2.99. The van der Waals surface area contributed by atoms with Gasteiger partial charge in [0.2, 0.25) is 5.91 Å². The maximum atomic E-state index is 11.8. The zero-order chi connectivity index (χ0) is 13.9. The van der Waals surface area contributed by atoms with E-state index in [9.17, 15) is 4.79 Å². The van der Waals surface area contributed by atoms with E-state index in [4.69, 9.17) is 4.74 Å². The van der Waals surface area contributed by atoms with Crippen LogP contribution in [-0.2, 0) is 4.79 Å². The summed E-state index contributed by atoms with van der Waals surface area (Å²) in [6, 6.07) is 15.8. The first-order chi connectivity index (χ1) is 9.76. The van der Waals surface area contributed by atoms with Gasteiger partial charge in [-0.2, -0.15) is 0 Å². The Kier molecular flexibility index (Phi) is 3.42.